The molecule has 3 rings (SSSR count). The lowest BCUT2D eigenvalue weighted by atomic mass is 10.1. The van der Waals surface area contributed by atoms with Crippen LogP contribution in [0.3, 0.4) is 0 Å². The predicted octanol–water partition coefficient (Wildman–Crippen LogP) is 3.21. The molecule has 1 N–H and O–H groups in total. The van der Waals surface area contributed by atoms with Gasteiger partial charge in [0.2, 0.25) is 0 Å². The number of amides is 1. The largest absolute Gasteiger partial charge is 0.455 e. The van der Waals surface area contributed by atoms with E-state index in [4.69, 9.17) is 16.3 Å². The number of aromatic nitrogens is 2. The number of hydrogen-bond acceptors (Lipinski definition) is 6. The van der Waals surface area contributed by atoms with E-state index in [9.17, 15) is 14.0 Å². The van der Waals surface area contributed by atoms with E-state index in [0.717, 1.165) is 11.7 Å². The minimum Gasteiger partial charge on any atom is -0.455 e. The number of halogens is 2. The topological polar surface area (TPSA) is 81.2 Å². The Bertz CT molecular complexity index is 927. The Kier molecular flexibility index (Phi) is 5.20. The third-order valence-electron chi connectivity index (χ3n) is 3.31. The maximum Gasteiger partial charge on any atom is 0.310 e. The second kappa shape index (κ2) is 7.54. The number of carbonyl (C=O) groups excluding carboxylic acids is 2. The zero-order valence-electron chi connectivity index (χ0n) is 12.7. The van der Waals surface area contributed by atoms with Gasteiger partial charge in [0, 0.05) is 10.6 Å². The Balaban J connectivity index is 1.57. The van der Waals surface area contributed by atoms with Crippen molar-refractivity contribution in [3.63, 3.8) is 0 Å². The van der Waals surface area contributed by atoms with Gasteiger partial charge >= 0.3 is 5.97 Å². The molecule has 1 aromatic heterocycles. The SMILES string of the molecule is O=C(COC(=O)Cc1c(F)cccc1Cl)Nc1cccc2nsnc12. The molecule has 25 heavy (non-hydrogen) atoms. The van der Waals surface area contributed by atoms with Crippen LogP contribution in [0.25, 0.3) is 11.0 Å². The third kappa shape index (κ3) is 4.09. The van der Waals surface area contributed by atoms with Gasteiger partial charge in [-0.2, -0.15) is 8.75 Å². The molecule has 0 radical (unpaired) electrons. The van der Waals surface area contributed by atoms with Crippen LogP contribution in [0.1, 0.15) is 5.56 Å². The summed E-state index contributed by atoms with van der Waals surface area (Å²) in [5, 5.41) is 2.73. The molecule has 0 aliphatic heterocycles. The molecule has 1 heterocycles. The quantitative estimate of drug-likeness (QED) is 0.688. The van der Waals surface area contributed by atoms with Gasteiger partial charge in [-0.1, -0.05) is 23.7 Å². The number of nitrogens with one attached hydrogen (secondary N) is 1. The molecule has 3 aromatic rings. The number of rotatable bonds is 5. The molecule has 128 valence electrons. The van der Waals surface area contributed by atoms with Gasteiger partial charge < -0.3 is 10.1 Å². The number of carbonyl (C=O) groups is 2. The van der Waals surface area contributed by atoms with Crippen molar-refractivity contribution in [2.45, 2.75) is 6.42 Å². The highest BCUT2D eigenvalue weighted by Crippen LogP contribution is 2.21. The molecule has 2 aromatic carbocycles. The van der Waals surface area contributed by atoms with Gasteiger partial charge in [0.25, 0.3) is 5.91 Å². The molecular formula is C16H11ClFN3O3S. The summed E-state index contributed by atoms with van der Waals surface area (Å²) in [4.78, 5) is 23.7. The molecule has 0 fully saturated rings. The smallest absolute Gasteiger partial charge is 0.310 e. The second-order valence-electron chi connectivity index (χ2n) is 5.02. The van der Waals surface area contributed by atoms with Crippen LogP contribution in [-0.4, -0.2) is 27.2 Å². The zero-order chi connectivity index (χ0) is 17.8. The average molecular weight is 380 g/mol. The highest BCUT2D eigenvalue weighted by molar-refractivity contribution is 7.00. The Hall–Kier alpha value is -2.58. The number of hydrogen-bond donors (Lipinski definition) is 1. The van der Waals surface area contributed by atoms with Gasteiger partial charge in [-0.3, -0.25) is 9.59 Å². The summed E-state index contributed by atoms with van der Waals surface area (Å²) in [5.74, 6) is -1.89. The van der Waals surface area contributed by atoms with Gasteiger partial charge in [0.1, 0.15) is 16.9 Å². The minimum atomic E-state index is -0.754. The summed E-state index contributed by atoms with van der Waals surface area (Å²) in [5.41, 5.74) is 1.73. The number of ether oxygens (including phenoxy) is 1. The third-order valence-corrected chi connectivity index (χ3v) is 4.20. The van der Waals surface area contributed by atoms with Crippen molar-refractivity contribution >= 4 is 51.9 Å². The van der Waals surface area contributed by atoms with Crippen molar-refractivity contribution in [3.8, 4) is 0 Å². The first-order valence-electron chi connectivity index (χ1n) is 7.14. The Morgan fingerprint density at radius 3 is 2.80 bits per heavy atom. The molecule has 0 unspecified atom stereocenters. The normalized spacial score (nSPS) is 10.6. The number of fused-ring (bicyclic) bond motifs is 1. The average Bonchev–Trinajstić information content (AvgIpc) is 3.06. The van der Waals surface area contributed by atoms with Crippen molar-refractivity contribution in [1.29, 1.82) is 0 Å². The van der Waals surface area contributed by atoms with E-state index in [1.165, 1.54) is 18.2 Å². The Morgan fingerprint density at radius 2 is 2.00 bits per heavy atom. The lowest BCUT2D eigenvalue weighted by Crippen LogP contribution is -2.22. The van der Waals surface area contributed by atoms with E-state index < -0.39 is 24.3 Å². The van der Waals surface area contributed by atoms with Crippen LogP contribution < -0.4 is 5.32 Å². The first-order chi connectivity index (χ1) is 12.0. The highest BCUT2D eigenvalue weighted by Gasteiger charge is 2.15. The summed E-state index contributed by atoms with van der Waals surface area (Å²) in [6.07, 6.45) is -0.357. The summed E-state index contributed by atoms with van der Waals surface area (Å²) in [6, 6.07) is 9.28. The van der Waals surface area contributed by atoms with Crippen LogP contribution in [0.4, 0.5) is 10.1 Å². The summed E-state index contributed by atoms with van der Waals surface area (Å²) in [7, 11) is 0. The van der Waals surface area contributed by atoms with Crippen LogP contribution >= 0.6 is 23.3 Å². The minimum absolute atomic E-state index is 0.0351. The fraction of sp³-hybridized carbons (Fsp3) is 0.125. The summed E-state index contributed by atoms with van der Waals surface area (Å²) in [6.45, 7) is -0.501. The van der Waals surface area contributed by atoms with E-state index in [2.05, 4.69) is 14.1 Å². The molecule has 6 nitrogen and oxygen atoms in total. The number of anilines is 1. The van der Waals surface area contributed by atoms with Crippen molar-refractivity contribution < 1.29 is 18.7 Å². The van der Waals surface area contributed by atoms with E-state index in [-0.39, 0.29) is 17.0 Å². The lowest BCUT2D eigenvalue weighted by molar-refractivity contribution is -0.146. The van der Waals surface area contributed by atoms with Gasteiger partial charge in [0.05, 0.1) is 23.8 Å². The van der Waals surface area contributed by atoms with Crippen molar-refractivity contribution in [1.82, 2.24) is 8.75 Å². The van der Waals surface area contributed by atoms with E-state index >= 15 is 0 Å². The van der Waals surface area contributed by atoms with E-state index in [1.54, 1.807) is 18.2 Å². The molecule has 0 saturated carbocycles. The second-order valence-corrected chi connectivity index (χ2v) is 5.96. The first kappa shape index (κ1) is 17.2. The molecule has 0 aliphatic rings. The molecule has 0 atom stereocenters. The highest BCUT2D eigenvalue weighted by atomic mass is 35.5. The predicted molar refractivity (Wildman–Crippen MR) is 92.1 cm³/mol. The standard InChI is InChI=1S/C16H11ClFN3O3S/c17-10-3-1-4-11(18)9(10)7-15(23)24-8-14(22)19-12-5-2-6-13-16(12)21-25-20-13/h1-6H,7-8H2,(H,19,22). The molecule has 1 amide bonds. The molecule has 0 bridgehead atoms. The molecule has 0 spiro atoms. The van der Waals surface area contributed by atoms with Crippen molar-refractivity contribution in [3.05, 3.63) is 52.8 Å². The Morgan fingerprint density at radius 1 is 1.20 bits per heavy atom. The van der Waals surface area contributed by atoms with Crippen LogP contribution in [0.5, 0.6) is 0 Å². The van der Waals surface area contributed by atoms with Gasteiger partial charge in [-0.05, 0) is 24.3 Å². The Labute approximate surface area is 150 Å². The van der Waals surface area contributed by atoms with Crippen LogP contribution in [0.2, 0.25) is 5.02 Å². The zero-order valence-corrected chi connectivity index (χ0v) is 14.2. The van der Waals surface area contributed by atoms with Gasteiger partial charge in [-0.25, -0.2) is 4.39 Å². The molecule has 9 heteroatoms. The first-order valence-corrected chi connectivity index (χ1v) is 8.25. The van der Waals surface area contributed by atoms with Crippen molar-refractivity contribution in [2.75, 3.05) is 11.9 Å². The maximum absolute atomic E-state index is 13.6. The molecule has 0 saturated heterocycles. The van der Waals surface area contributed by atoms with Crippen molar-refractivity contribution in [2.24, 2.45) is 0 Å². The number of nitrogens with zero attached hydrogens (tertiary/aromatic N) is 2. The van der Waals surface area contributed by atoms with Crippen LogP contribution in [0, 0.1) is 5.82 Å². The van der Waals surface area contributed by atoms with Crippen LogP contribution in [0.15, 0.2) is 36.4 Å². The number of esters is 1. The fourth-order valence-electron chi connectivity index (χ4n) is 2.14. The van der Waals surface area contributed by atoms with Gasteiger partial charge in [-0.15, -0.1) is 0 Å². The molecule has 0 aliphatic carbocycles. The lowest BCUT2D eigenvalue weighted by Gasteiger charge is -2.08. The van der Waals surface area contributed by atoms with Gasteiger partial charge in [0.15, 0.2) is 6.61 Å². The fourth-order valence-corrected chi connectivity index (χ4v) is 2.92. The summed E-state index contributed by atoms with van der Waals surface area (Å²) < 4.78 is 26.7. The number of benzene rings is 2. The maximum atomic E-state index is 13.6. The summed E-state index contributed by atoms with van der Waals surface area (Å²) >= 11 is 6.88. The monoisotopic (exact) mass is 379 g/mol. The van der Waals surface area contributed by atoms with E-state index in [0.29, 0.717) is 16.7 Å². The molecular weight excluding hydrogens is 369 g/mol. The van der Waals surface area contributed by atoms with E-state index in [1.807, 2.05) is 0 Å². The van der Waals surface area contributed by atoms with Crippen LogP contribution in [-0.2, 0) is 20.7 Å².